The van der Waals surface area contributed by atoms with Gasteiger partial charge in [0, 0.05) is 5.54 Å². The summed E-state index contributed by atoms with van der Waals surface area (Å²) in [6.45, 7) is 0. The molecule has 0 heterocycles. The molecule has 4 bridgehead atoms. The van der Waals surface area contributed by atoms with Gasteiger partial charge in [-0.1, -0.05) is 30.3 Å². The number of benzene rings is 1. The van der Waals surface area contributed by atoms with E-state index in [1.165, 1.54) is 18.4 Å². The molecule has 3 N–H and O–H groups in total. The molecule has 96 valence electrons. The summed E-state index contributed by atoms with van der Waals surface area (Å²) in [4.78, 5) is 0. The molecular formula is C16H21NO. The topological polar surface area (TPSA) is 46.2 Å². The zero-order valence-electron chi connectivity index (χ0n) is 10.7. The van der Waals surface area contributed by atoms with Crippen LogP contribution in [0.1, 0.15) is 37.7 Å². The van der Waals surface area contributed by atoms with E-state index in [1.807, 2.05) is 0 Å². The van der Waals surface area contributed by atoms with Crippen molar-refractivity contribution in [1.82, 2.24) is 0 Å². The minimum Gasteiger partial charge on any atom is -0.390 e. The van der Waals surface area contributed by atoms with E-state index < -0.39 is 5.60 Å². The van der Waals surface area contributed by atoms with Gasteiger partial charge in [0.15, 0.2) is 0 Å². The van der Waals surface area contributed by atoms with E-state index in [1.54, 1.807) is 0 Å². The van der Waals surface area contributed by atoms with Gasteiger partial charge in [-0.05, 0) is 55.4 Å². The highest BCUT2D eigenvalue weighted by Crippen LogP contribution is 2.61. The van der Waals surface area contributed by atoms with Gasteiger partial charge in [-0.2, -0.15) is 0 Å². The highest BCUT2D eigenvalue weighted by atomic mass is 16.3. The van der Waals surface area contributed by atoms with Crippen LogP contribution < -0.4 is 5.73 Å². The Hall–Kier alpha value is -0.860. The third-order valence-electron chi connectivity index (χ3n) is 5.78. The Kier molecular flexibility index (Phi) is 2.06. The summed E-state index contributed by atoms with van der Waals surface area (Å²) in [7, 11) is 0. The van der Waals surface area contributed by atoms with Crippen molar-refractivity contribution in [3.63, 3.8) is 0 Å². The fourth-order valence-corrected chi connectivity index (χ4v) is 5.20. The van der Waals surface area contributed by atoms with Crippen molar-refractivity contribution in [3.8, 4) is 0 Å². The van der Waals surface area contributed by atoms with Crippen molar-refractivity contribution in [1.29, 1.82) is 0 Å². The van der Waals surface area contributed by atoms with E-state index >= 15 is 0 Å². The summed E-state index contributed by atoms with van der Waals surface area (Å²) in [6.07, 6.45) is 5.26. The van der Waals surface area contributed by atoms with Crippen molar-refractivity contribution < 1.29 is 5.11 Å². The molecule has 1 aromatic rings. The zero-order valence-corrected chi connectivity index (χ0v) is 10.7. The summed E-state index contributed by atoms with van der Waals surface area (Å²) in [6, 6.07) is 10.6. The number of nitrogens with two attached hydrogens (primary N) is 1. The Balaban J connectivity index is 1.79. The van der Waals surface area contributed by atoms with E-state index in [-0.39, 0.29) is 5.54 Å². The molecular weight excluding hydrogens is 222 g/mol. The molecule has 2 unspecified atom stereocenters. The van der Waals surface area contributed by atoms with Gasteiger partial charge < -0.3 is 10.8 Å². The molecule has 4 fully saturated rings. The SMILES string of the molecule is NC1(c2ccccc2)C2CC3CC1CC(O)(C3)C2. The van der Waals surface area contributed by atoms with E-state index in [0.717, 1.165) is 19.3 Å². The molecule has 0 aliphatic heterocycles. The first kappa shape index (κ1) is 11.0. The number of rotatable bonds is 1. The van der Waals surface area contributed by atoms with Crippen LogP contribution in [-0.2, 0) is 5.54 Å². The van der Waals surface area contributed by atoms with Crippen molar-refractivity contribution in [2.24, 2.45) is 23.5 Å². The predicted octanol–water partition coefficient (Wildman–Crippen LogP) is 2.41. The Labute approximate surface area is 108 Å². The first-order valence-electron chi connectivity index (χ1n) is 7.17. The van der Waals surface area contributed by atoms with Crippen LogP contribution in [0.5, 0.6) is 0 Å². The predicted molar refractivity (Wildman–Crippen MR) is 70.8 cm³/mol. The van der Waals surface area contributed by atoms with Gasteiger partial charge in [0.1, 0.15) is 0 Å². The molecule has 0 aromatic heterocycles. The molecule has 4 saturated carbocycles. The monoisotopic (exact) mass is 243 g/mol. The highest BCUT2D eigenvalue weighted by Gasteiger charge is 2.60. The van der Waals surface area contributed by atoms with Crippen LogP contribution in [0.15, 0.2) is 30.3 Å². The maximum absolute atomic E-state index is 10.6. The fraction of sp³-hybridized carbons (Fsp3) is 0.625. The van der Waals surface area contributed by atoms with Crippen LogP contribution in [0.25, 0.3) is 0 Å². The minimum absolute atomic E-state index is 0.190. The molecule has 2 heteroatoms. The van der Waals surface area contributed by atoms with Crippen molar-refractivity contribution in [2.75, 3.05) is 0 Å². The van der Waals surface area contributed by atoms with Crippen LogP contribution in [0, 0.1) is 17.8 Å². The van der Waals surface area contributed by atoms with E-state index in [9.17, 15) is 5.11 Å². The quantitative estimate of drug-likeness (QED) is 0.795. The molecule has 4 aliphatic rings. The van der Waals surface area contributed by atoms with Gasteiger partial charge in [-0.25, -0.2) is 0 Å². The van der Waals surface area contributed by atoms with Gasteiger partial charge in [0.2, 0.25) is 0 Å². The van der Waals surface area contributed by atoms with Gasteiger partial charge >= 0.3 is 0 Å². The highest BCUT2D eigenvalue weighted by molar-refractivity contribution is 5.30. The van der Waals surface area contributed by atoms with Crippen molar-refractivity contribution in [3.05, 3.63) is 35.9 Å². The maximum Gasteiger partial charge on any atom is 0.0657 e. The second kappa shape index (κ2) is 3.37. The Morgan fingerprint density at radius 2 is 1.61 bits per heavy atom. The largest absolute Gasteiger partial charge is 0.390 e. The van der Waals surface area contributed by atoms with Crippen LogP contribution in [0.4, 0.5) is 0 Å². The van der Waals surface area contributed by atoms with Crippen LogP contribution >= 0.6 is 0 Å². The Morgan fingerprint density at radius 1 is 1.00 bits per heavy atom. The van der Waals surface area contributed by atoms with Gasteiger partial charge in [-0.3, -0.25) is 0 Å². The van der Waals surface area contributed by atoms with Gasteiger partial charge in [0.05, 0.1) is 5.60 Å². The summed E-state index contributed by atoms with van der Waals surface area (Å²) < 4.78 is 0. The summed E-state index contributed by atoms with van der Waals surface area (Å²) in [5, 5.41) is 10.6. The Bertz CT molecular complexity index is 453. The minimum atomic E-state index is -0.395. The lowest BCUT2D eigenvalue weighted by molar-refractivity contribution is -0.163. The molecule has 1 aromatic carbocycles. The third kappa shape index (κ3) is 1.31. The van der Waals surface area contributed by atoms with Crippen LogP contribution in [0.2, 0.25) is 0 Å². The second-order valence-corrected chi connectivity index (χ2v) is 6.87. The number of hydrogen-bond acceptors (Lipinski definition) is 2. The maximum atomic E-state index is 10.6. The Morgan fingerprint density at radius 3 is 2.17 bits per heavy atom. The molecule has 0 spiro atoms. The normalized spacial score (nSPS) is 49.6. The molecule has 5 rings (SSSR count). The zero-order chi connectivity index (χ0) is 12.4. The van der Waals surface area contributed by atoms with Gasteiger partial charge in [-0.15, -0.1) is 0 Å². The fourth-order valence-electron chi connectivity index (χ4n) is 5.20. The second-order valence-electron chi connectivity index (χ2n) is 6.87. The first-order valence-corrected chi connectivity index (χ1v) is 7.17. The van der Waals surface area contributed by atoms with Crippen LogP contribution in [-0.4, -0.2) is 10.7 Å². The molecule has 18 heavy (non-hydrogen) atoms. The smallest absolute Gasteiger partial charge is 0.0657 e. The number of hydrogen-bond donors (Lipinski definition) is 2. The summed E-state index contributed by atoms with van der Waals surface area (Å²) in [5.74, 6) is 1.65. The number of aliphatic hydroxyl groups is 1. The van der Waals surface area contributed by atoms with Crippen molar-refractivity contribution >= 4 is 0 Å². The molecule has 0 amide bonds. The molecule has 2 nitrogen and oxygen atoms in total. The first-order chi connectivity index (χ1) is 8.60. The van der Waals surface area contributed by atoms with Crippen molar-refractivity contribution in [2.45, 2.75) is 43.2 Å². The summed E-state index contributed by atoms with van der Waals surface area (Å²) in [5.41, 5.74) is 7.56. The molecule has 4 aliphatic carbocycles. The average molecular weight is 243 g/mol. The standard InChI is InChI=1S/C16H21NO/c17-16(12-4-2-1-3-5-12)13-6-11-7-14(16)10-15(18,8-11)9-13/h1-5,11,13-14,18H,6-10,17H2. The van der Waals surface area contributed by atoms with E-state index in [2.05, 4.69) is 30.3 Å². The average Bonchev–Trinajstić information content (AvgIpc) is 2.35. The third-order valence-corrected chi connectivity index (χ3v) is 5.78. The summed E-state index contributed by atoms with van der Waals surface area (Å²) >= 11 is 0. The van der Waals surface area contributed by atoms with E-state index in [4.69, 9.17) is 5.73 Å². The van der Waals surface area contributed by atoms with Crippen LogP contribution in [0.3, 0.4) is 0 Å². The molecule has 0 saturated heterocycles. The van der Waals surface area contributed by atoms with Gasteiger partial charge in [0.25, 0.3) is 0 Å². The van der Waals surface area contributed by atoms with E-state index in [0.29, 0.717) is 17.8 Å². The molecule has 2 atom stereocenters. The molecule has 0 radical (unpaired) electrons. The lowest BCUT2D eigenvalue weighted by atomic mass is 9.46. The lowest BCUT2D eigenvalue weighted by Gasteiger charge is -2.62. The lowest BCUT2D eigenvalue weighted by Crippen LogP contribution is -2.65.